The third-order valence-corrected chi connectivity index (χ3v) is 3.34. The molecule has 3 nitrogen and oxygen atoms in total. The van der Waals surface area contributed by atoms with Crippen LogP contribution in [0.2, 0.25) is 0 Å². The molecule has 0 fully saturated rings. The third-order valence-electron chi connectivity index (χ3n) is 2.40. The summed E-state index contributed by atoms with van der Waals surface area (Å²) in [5, 5.41) is 3.04. The predicted molar refractivity (Wildman–Crippen MR) is 82.0 cm³/mol. The van der Waals surface area contributed by atoms with Crippen LogP contribution in [0.25, 0.3) is 0 Å². The third kappa shape index (κ3) is 4.81. The molecule has 0 unspecified atom stereocenters. The Balaban J connectivity index is 0.00000256. The average Bonchev–Trinajstić information content (AvgIpc) is 2.28. The Labute approximate surface area is 123 Å². The Bertz CT molecular complexity index is 385. The Hall–Kier alpha value is -0.330. The molecule has 0 radical (unpaired) electrons. The van der Waals surface area contributed by atoms with Gasteiger partial charge >= 0.3 is 0 Å². The molecule has 0 aromatic heterocycles. The molecule has 0 bridgehead atoms. The summed E-state index contributed by atoms with van der Waals surface area (Å²) in [6.07, 6.45) is 0. The highest BCUT2D eigenvalue weighted by Gasteiger charge is 2.14. The zero-order chi connectivity index (χ0) is 12.1. The number of carbonyl (C=O) groups excluding carboxylic acids is 1. The first-order valence-corrected chi connectivity index (χ1v) is 6.30. The van der Waals surface area contributed by atoms with Gasteiger partial charge in [-0.1, -0.05) is 11.6 Å². The molecular formula is C12H18ClIN2O. The number of rotatable bonds is 4. The second kappa shape index (κ2) is 7.89. The van der Waals surface area contributed by atoms with E-state index in [0.29, 0.717) is 0 Å². The number of aryl methyl sites for hydroxylation is 1. The lowest BCUT2D eigenvalue weighted by Gasteiger charge is -2.18. The largest absolute Gasteiger partial charge is 0.340 e. The fourth-order valence-corrected chi connectivity index (χ4v) is 1.96. The van der Waals surface area contributed by atoms with Gasteiger partial charge in [0.25, 0.3) is 5.91 Å². The number of hydrogen-bond acceptors (Lipinski definition) is 2. The second-order valence-electron chi connectivity index (χ2n) is 3.81. The van der Waals surface area contributed by atoms with Crippen LogP contribution in [0, 0.1) is 10.5 Å². The molecule has 1 aromatic rings. The summed E-state index contributed by atoms with van der Waals surface area (Å²) in [6.45, 7) is 3.53. The van der Waals surface area contributed by atoms with Crippen LogP contribution in [-0.2, 0) is 0 Å². The van der Waals surface area contributed by atoms with Crippen molar-refractivity contribution in [2.75, 3.05) is 27.2 Å². The van der Waals surface area contributed by atoms with Crippen LogP contribution >= 0.6 is 35.0 Å². The highest BCUT2D eigenvalue weighted by Crippen LogP contribution is 2.15. The fourth-order valence-electron chi connectivity index (χ4n) is 1.39. The number of nitrogens with one attached hydrogen (secondary N) is 1. The van der Waals surface area contributed by atoms with Crippen LogP contribution in [0.5, 0.6) is 0 Å². The summed E-state index contributed by atoms with van der Waals surface area (Å²) in [7, 11) is 3.72. The van der Waals surface area contributed by atoms with Crippen LogP contribution in [-0.4, -0.2) is 38.0 Å². The lowest BCUT2D eigenvalue weighted by molar-refractivity contribution is 0.0795. The zero-order valence-electron chi connectivity index (χ0n) is 10.3. The van der Waals surface area contributed by atoms with Crippen molar-refractivity contribution in [3.8, 4) is 0 Å². The maximum Gasteiger partial charge on any atom is 0.254 e. The Kier molecular flexibility index (Phi) is 7.74. The van der Waals surface area contributed by atoms with E-state index in [1.54, 1.807) is 4.90 Å². The van der Waals surface area contributed by atoms with Crippen molar-refractivity contribution in [1.29, 1.82) is 0 Å². The van der Waals surface area contributed by atoms with Gasteiger partial charge in [0.15, 0.2) is 0 Å². The van der Waals surface area contributed by atoms with Crippen molar-refractivity contribution in [1.82, 2.24) is 10.2 Å². The summed E-state index contributed by atoms with van der Waals surface area (Å²) < 4.78 is 1.00. The van der Waals surface area contributed by atoms with Crippen molar-refractivity contribution in [3.63, 3.8) is 0 Å². The molecule has 0 saturated carbocycles. The first-order valence-electron chi connectivity index (χ1n) is 5.22. The standard InChI is InChI=1S/C12H17IN2O.ClH/c1-9-4-5-11(13)10(8-9)12(16)15(3)7-6-14-2;/h4-5,8,14H,6-7H2,1-3H3;1H. The summed E-state index contributed by atoms with van der Waals surface area (Å²) in [5.41, 5.74) is 1.91. The van der Waals surface area contributed by atoms with Crippen LogP contribution in [0.15, 0.2) is 18.2 Å². The monoisotopic (exact) mass is 368 g/mol. The molecule has 17 heavy (non-hydrogen) atoms. The van der Waals surface area contributed by atoms with Gasteiger partial charge in [-0.2, -0.15) is 0 Å². The molecule has 1 rings (SSSR count). The number of amides is 1. The number of hydrogen-bond donors (Lipinski definition) is 1. The van der Waals surface area contributed by atoms with Gasteiger partial charge in [-0.3, -0.25) is 4.79 Å². The van der Waals surface area contributed by atoms with E-state index in [-0.39, 0.29) is 18.3 Å². The summed E-state index contributed by atoms with van der Waals surface area (Å²) >= 11 is 2.20. The van der Waals surface area contributed by atoms with Gasteiger partial charge in [0.1, 0.15) is 0 Å². The molecule has 0 aliphatic rings. The van der Waals surface area contributed by atoms with Gasteiger partial charge < -0.3 is 10.2 Å². The molecule has 0 aliphatic heterocycles. The minimum Gasteiger partial charge on any atom is -0.340 e. The lowest BCUT2D eigenvalue weighted by atomic mass is 10.1. The SMILES string of the molecule is CNCCN(C)C(=O)c1cc(C)ccc1I.Cl. The van der Waals surface area contributed by atoms with Gasteiger partial charge in [0.2, 0.25) is 0 Å². The number of nitrogens with zero attached hydrogens (tertiary/aromatic N) is 1. The first-order chi connectivity index (χ1) is 7.56. The summed E-state index contributed by atoms with van der Waals surface area (Å²) in [6, 6.07) is 5.95. The molecular weight excluding hydrogens is 351 g/mol. The highest BCUT2D eigenvalue weighted by molar-refractivity contribution is 14.1. The summed E-state index contributed by atoms with van der Waals surface area (Å²) in [5.74, 6) is 0.0864. The number of benzene rings is 1. The molecule has 0 heterocycles. The van der Waals surface area contributed by atoms with Gasteiger partial charge in [-0.15, -0.1) is 12.4 Å². The van der Waals surface area contributed by atoms with Gasteiger partial charge in [-0.05, 0) is 48.7 Å². The van der Waals surface area contributed by atoms with Crippen LogP contribution in [0.4, 0.5) is 0 Å². The number of halogens is 2. The zero-order valence-corrected chi connectivity index (χ0v) is 13.3. The maximum absolute atomic E-state index is 12.1. The van der Waals surface area contributed by atoms with E-state index in [1.165, 1.54) is 0 Å². The van der Waals surface area contributed by atoms with Crippen molar-refractivity contribution < 1.29 is 4.79 Å². The Morgan fingerprint density at radius 1 is 1.47 bits per heavy atom. The fraction of sp³-hybridized carbons (Fsp3) is 0.417. The molecule has 0 saturated heterocycles. The highest BCUT2D eigenvalue weighted by atomic mass is 127. The van der Waals surface area contributed by atoms with E-state index in [2.05, 4.69) is 27.9 Å². The number of likely N-dealkylation sites (N-methyl/N-ethyl adjacent to an activating group) is 2. The first kappa shape index (κ1) is 16.7. The van der Waals surface area contributed by atoms with E-state index < -0.39 is 0 Å². The minimum absolute atomic E-state index is 0. The molecule has 96 valence electrons. The minimum atomic E-state index is 0. The predicted octanol–water partition coefficient (Wildman–Crippen LogP) is 2.31. The van der Waals surface area contributed by atoms with Gasteiger partial charge in [-0.25, -0.2) is 0 Å². The van der Waals surface area contributed by atoms with E-state index >= 15 is 0 Å². The Morgan fingerprint density at radius 3 is 2.71 bits per heavy atom. The van der Waals surface area contributed by atoms with E-state index in [4.69, 9.17) is 0 Å². The topological polar surface area (TPSA) is 32.3 Å². The average molecular weight is 369 g/mol. The van der Waals surface area contributed by atoms with Crippen molar-refractivity contribution >= 4 is 40.9 Å². The van der Waals surface area contributed by atoms with Crippen LogP contribution < -0.4 is 5.32 Å². The smallest absolute Gasteiger partial charge is 0.254 e. The Morgan fingerprint density at radius 2 is 2.12 bits per heavy atom. The molecule has 0 aliphatic carbocycles. The molecule has 0 atom stereocenters. The van der Waals surface area contributed by atoms with Crippen molar-refractivity contribution in [3.05, 3.63) is 32.9 Å². The van der Waals surface area contributed by atoms with E-state index in [1.807, 2.05) is 39.2 Å². The normalized spacial score (nSPS) is 9.65. The maximum atomic E-state index is 12.1. The van der Waals surface area contributed by atoms with E-state index in [0.717, 1.165) is 27.8 Å². The molecule has 0 spiro atoms. The quantitative estimate of drug-likeness (QED) is 0.827. The molecule has 1 N–H and O–H groups in total. The molecule has 1 aromatic carbocycles. The molecule has 1 amide bonds. The second-order valence-corrected chi connectivity index (χ2v) is 4.98. The number of carbonyl (C=O) groups is 1. The van der Waals surface area contributed by atoms with Crippen LogP contribution in [0.3, 0.4) is 0 Å². The van der Waals surface area contributed by atoms with Crippen LogP contribution in [0.1, 0.15) is 15.9 Å². The van der Waals surface area contributed by atoms with Crippen molar-refractivity contribution in [2.45, 2.75) is 6.92 Å². The van der Waals surface area contributed by atoms with E-state index in [9.17, 15) is 4.79 Å². The van der Waals surface area contributed by atoms with Gasteiger partial charge in [0, 0.05) is 23.7 Å². The molecule has 5 heteroatoms. The van der Waals surface area contributed by atoms with Gasteiger partial charge in [0.05, 0.1) is 5.56 Å². The lowest BCUT2D eigenvalue weighted by Crippen LogP contribution is -2.33. The van der Waals surface area contributed by atoms with Crippen molar-refractivity contribution in [2.24, 2.45) is 0 Å². The summed E-state index contributed by atoms with van der Waals surface area (Å²) in [4.78, 5) is 13.9.